The Balaban J connectivity index is 4.67. The topological polar surface area (TPSA) is 177 Å². The molecule has 0 aliphatic carbocycles. The fraction of sp³-hybridized carbons (Fsp3) is 0.750. The molecular weight excluding hydrogens is 342 g/mol. The molecule has 10 heteroatoms. The molecule has 0 saturated heterocycles. The number of carbonyl (C=O) groups excluding carboxylic acids is 3. The Morgan fingerprint density at radius 2 is 1.58 bits per heavy atom. The third-order valence-corrected chi connectivity index (χ3v) is 3.72. The Kier molecular flexibility index (Phi) is 11.2. The number of nitrogens with two attached hydrogens (primary N) is 2. The third kappa shape index (κ3) is 9.33. The zero-order valence-electron chi connectivity index (χ0n) is 15.6. The van der Waals surface area contributed by atoms with Gasteiger partial charge >= 0.3 is 5.97 Å². The molecule has 3 amide bonds. The fourth-order valence-electron chi connectivity index (χ4n) is 2.12. The van der Waals surface area contributed by atoms with Gasteiger partial charge in [0.05, 0.1) is 6.04 Å². The van der Waals surface area contributed by atoms with E-state index in [1.807, 2.05) is 0 Å². The lowest BCUT2D eigenvalue weighted by molar-refractivity contribution is -0.138. The Morgan fingerprint density at radius 1 is 0.962 bits per heavy atom. The van der Waals surface area contributed by atoms with Crippen LogP contribution in [0, 0.1) is 5.92 Å². The third-order valence-electron chi connectivity index (χ3n) is 3.72. The summed E-state index contributed by atoms with van der Waals surface area (Å²) in [7, 11) is 0. The minimum atomic E-state index is -1.19. The molecule has 150 valence electrons. The molecule has 0 fully saturated rings. The van der Waals surface area contributed by atoms with Gasteiger partial charge in [-0.3, -0.25) is 19.2 Å². The van der Waals surface area contributed by atoms with E-state index in [-0.39, 0.29) is 5.92 Å². The van der Waals surface area contributed by atoms with E-state index in [4.69, 9.17) is 16.6 Å². The molecule has 0 heterocycles. The van der Waals surface area contributed by atoms with Gasteiger partial charge in [0.25, 0.3) is 0 Å². The quantitative estimate of drug-likeness (QED) is 0.221. The molecular formula is C16H31N5O5. The van der Waals surface area contributed by atoms with E-state index in [1.54, 1.807) is 13.8 Å². The normalized spacial score (nSPS) is 14.2. The van der Waals surface area contributed by atoms with E-state index in [1.165, 1.54) is 6.92 Å². The van der Waals surface area contributed by atoms with E-state index >= 15 is 0 Å². The van der Waals surface area contributed by atoms with Crippen LogP contribution in [0.25, 0.3) is 0 Å². The molecule has 0 rings (SSSR count). The Morgan fingerprint density at radius 3 is 2.08 bits per heavy atom. The van der Waals surface area contributed by atoms with Crippen LogP contribution in [0.2, 0.25) is 0 Å². The monoisotopic (exact) mass is 373 g/mol. The SMILES string of the molecule is CC(NC(=O)C(NC(=O)C(N)CCCCN)C(C)C)C(=O)NCC(=O)O. The summed E-state index contributed by atoms with van der Waals surface area (Å²) in [6.07, 6.45) is 1.94. The van der Waals surface area contributed by atoms with Crippen LogP contribution in [0.5, 0.6) is 0 Å². The Bertz CT molecular complexity index is 497. The van der Waals surface area contributed by atoms with Crippen molar-refractivity contribution >= 4 is 23.7 Å². The van der Waals surface area contributed by atoms with Gasteiger partial charge in [0.1, 0.15) is 18.6 Å². The van der Waals surface area contributed by atoms with E-state index in [0.717, 1.165) is 6.42 Å². The highest BCUT2D eigenvalue weighted by Gasteiger charge is 2.28. The summed E-state index contributed by atoms with van der Waals surface area (Å²) in [6.45, 7) is 4.90. The second-order valence-electron chi connectivity index (χ2n) is 6.46. The predicted octanol–water partition coefficient (Wildman–Crippen LogP) is -1.71. The molecule has 0 spiro atoms. The lowest BCUT2D eigenvalue weighted by atomic mass is 10.0. The van der Waals surface area contributed by atoms with E-state index in [0.29, 0.717) is 19.4 Å². The minimum absolute atomic E-state index is 0.232. The van der Waals surface area contributed by atoms with Gasteiger partial charge in [-0.05, 0) is 32.2 Å². The summed E-state index contributed by atoms with van der Waals surface area (Å²) in [5.41, 5.74) is 11.2. The van der Waals surface area contributed by atoms with Gasteiger partial charge in [-0.15, -0.1) is 0 Å². The van der Waals surface area contributed by atoms with Crippen LogP contribution < -0.4 is 27.4 Å². The molecule has 3 atom stereocenters. The standard InChI is InChI=1S/C16H31N5O5/c1-9(2)13(21-15(25)11(18)6-4-5-7-17)16(26)20-10(3)14(24)19-8-12(22)23/h9-11,13H,4-8,17-18H2,1-3H3,(H,19,24)(H,20,26)(H,21,25)(H,22,23). The Labute approximate surface area is 153 Å². The molecule has 8 N–H and O–H groups in total. The molecule has 0 saturated carbocycles. The molecule has 0 aromatic heterocycles. The van der Waals surface area contributed by atoms with Crippen molar-refractivity contribution in [3.05, 3.63) is 0 Å². The summed E-state index contributed by atoms with van der Waals surface area (Å²) < 4.78 is 0. The highest BCUT2D eigenvalue weighted by molar-refractivity contribution is 5.93. The smallest absolute Gasteiger partial charge is 0.322 e. The number of unbranched alkanes of at least 4 members (excludes halogenated alkanes) is 1. The van der Waals surface area contributed by atoms with E-state index < -0.39 is 48.4 Å². The number of carboxylic acid groups (broad SMARTS) is 1. The Hall–Kier alpha value is -2.20. The van der Waals surface area contributed by atoms with E-state index in [9.17, 15) is 19.2 Å². The first-order valence-electron chi connectivity index (χ1n) is 8.66. The number of rotatable bonds is 12. The van der Waals surface area contributed by atoms with Gasteiger partial charge in [0.2, 0.25) is 17.7 Å². The lowest BCUT2D eigenvalue weighted by Crippen LogP contribution is -2.57. The number of amides is 3. The first-order valence-corrected chi connectivity index (χ1v) is 8.66. The summed E-state index contributed by atoms with van der Waals surface area (Å²) in [4.78, 5) is 46.7. The maximum Gasteiger partial charge on any atom is 0.322 e. The van der Waals surface area contributed by atoms with Crippen molar-refractivity contribution in [2.75, 3.05) is 13.1 Å². The average molecular weight is 373 g/mol. The highest BCUT2D eigenvalue weighted by Crippen LogP contribution is 2.05. The van der Waals surface area contributed by atoms with Crippen molar-refractivity contribution in [2.45, 2.75) is 58.2 Å². The molecule has 0 bridgehead atoms. The number of hydrogen-bond acceptors (Lipinski definition) is 6. The van der Waals surface area contributed by atoms with Crippen LogP contribution in [-0.2, 0) is 19.2 Å². The van der Waals surface area contributed by atoms with Crippen LogP contribution in [0.3, 0.4) is 0 Å². The fourth-order valence-corrected chi connectivity index (χ4v) is 2.12. The van der Waals surface area contributed by atoms with Crippen molar-refractivity contribution in [3.63, 3.8) is 0 Å². The summed E-state index contributed by atoms with van der Waals surface area (Å²) in [5.74, 6) is -3.04. The largest absolute Gasteiger partial charge is 0.480 e. The minimum Gasteiger partial charge on any atom is -0.480 e. The van der Waals surface area contributed by atoms with Gasteiger partial charge in [0.15, 0.2) is 0 Å². The van der Waals surface area contributed by atoms with Gasteiger partial charge in [-0.2, -0.15) is 0 Å². The van der Waals surface area contributed by atoms with Crippen LogP contribution in [0.4, 0.5) is 0 Å². The number of nitrogens with one attached hydrogen (secondary N) is 3. The first kappa shape index (κ1) is 23.8. The lowest BCUT2D eigenvalue weighted by Gasteiger charge is -2.25. The zero-order chi connectivity index (χ0) is 20.3. The van der Waals surface area contributed by atoms with Gasteiger partial charge in [-0.25, -0.2) is 0 Å². The van der Waals surface area contributed by atoms with Crippen molar-refractivity contribution in [1.82, 2.24) is 16.0 Å². The van der Waals surface area contributed by atoms with Crippen molar-refractivity contribution in [1.29, 1.82) is 0 Å². The van der Waals surface area contributed by atoms with Crippen LogP contribution in [0.15, 0.2) is 0 Å². The molecule has 26 heavy (non-hydrogen) atoms. The van der Waals surface area contributed by atoms with E-state index in [2.05, 4.69) is 16.0 Å². The second-order valence-corrected chi connectivity index (χ2v) is 6.46. The summed E-state index contributed by atoms with van der Waals surface area (Å²) >= 11 is 0. The van der Waals surface area contributed by atoms with Gasteiger partial charge < -0.3 is 32.5 Å². The number of carboxylic acids is 1. The number of carbonyl (C=O) groups is 4. The summed E-state index contributed by atoms with van der Waals surface area (Å²) in [5, 5.41) is 15.8. The first-order chi connectivity index (χ1) is 12.1. The predicted molar refractivity (Wildman–Crippen MR) is 95.9 cm³/mol. The average Bonchev–Trinajstić information content (AvgIpc) is 2.56. The van der Waals surface area contributed by atoms with Crippen molar-refractivity contribution in [2.24, 2.45) is 17.4 Å². The highest BCUT2D eigenvalue weighted by atomic mass is 16.4. The molecule has 0 aliphatic heterocycles. The van der Waals surface area contributed by atoms with Gasteiger partial charge in [-0.1, -0.05) is 20.3 Å². The molecule has 3 unspecified atom stereocenters. The molecule has 10 nitrogen and oxygen atoms in total. The zero-order valence-corrected chi connectivity index (χ0v) is 15.6. The number of hydrogen-bond donors (Lipinski definition) is 6. The van der Waals surface area contributed by atoms with Crippen molar-refractivity contribution in [3.8, 4) is 0 Å². The van der Waals surface area contributed by atoms with Crippen molar-refractivity contribution < 1.29 is 24.3 Å². The molecule has 0 aliphatic rings. The number of aliphatic carboxylic acids is 1. The molecule has 0 radical (unpaired) electrons. The van der Waals surface area contributed by atoms with Gasteiger partial charge in [0, 0.05) is 0 Å². The maximum atomic E-state index is 12.4. The second kappa shape index (κ2) is 12.2. The molecule has 0 aromatic carbocycles. The van der Waals surface area contributed by atoms with Crippen LogP contribution in [0.1, 0.15) is 40.0 Å². The summed E-state index contributed by atoms with van der Waals surface area (Å²) in [6, 6.07) is -2.55. The maximum absolute atomic E-state index is 12.4. The molecule has 0 aromatic rings. The van der Waals surface area contributed by atoms with Crippen LogP contribution in [-0.4, -0.2) is 60.0 Å². The van der Waals surface area contributed by atoms with Crippen LogP contribution >= 0.6 is 0 Å².